The molecule has 0 radical (unpaired) electrons. The van der Waals surface area contributed by atoms with Crippen LogP contribution in [-0.2, 0) is 0 Å². The van der Waals surface area contributed by atoms with E-state index in [1.54, 1.807) is 7.11 Å². The summed E-state index contributed by atoms with van der Waals surface area (Å²) in [5.41, 5.74) is 5.44. The van der Waals surface area contributed by atoms with Gasteiger partial charge in [-0.1, -0.05) is 48.0 Å². The molecule has 1 N–H and O–H groups in total. The Hall–Kier alpha value is -3.84. The van der Waals surface area contributed by atoms with Gasteiger partial charge < -0.3 is 24.8 Å². The number of nitrogens with one attached hydrogen (secondary N) is 1. The molecule has 0 spiro atoms. The molecule has 2 heterocycles. The quantitative estimate of drug-likeness (QED) is 0.118. The van der Waals surface area contributed by atoms with E-state index in [0.29, 0.717) is 5.02 Å². The van der Waals surface area contributed by atoms with Crippen LogP contribution in [0, 0.1) is 0 Å². The lowest BCUT2D eigenvalue weighted by atomic mass is 10.1. The summed E-state index contributed by atoms with van der Waals surface area (Å²) in [6.07, 6.45) is 2.21. The fourth-order valence-corrected chi connectivity index (χ4v) is 6.21. The molecule has 0 aliphatic carbocycles. The highest BCUT2D eigenvalue weighted by molar-refractivity contribution is 6.31. The molecule has 0 unspecified atom stereocenters. The lowest BCUT2D eigenvalue weighted by molar-refractivity contribution is 0.132. The van der Waals surface area contributed by atoms with Crippen molar-refractivity contribution in [3.05, 3.63) is 102 Å². The fraction of sp³-hybridized carbons (Fsp3) is 0.306. The number of halogens is 1. The van der Waals surface area contributed by atoms with Crippen LogP contribution in [0.2, 0.25) is 5.02 Å². The van der Waals surface area contributed by atoms with Crippen LogP contribution in [-0.4, -0.2) is 74.3 Å². The lowest BCUT2D eigenvalue weighted by Crippen LogP contribution is -2.47. The molecule has 1 aliphatic rings. The molecule has 7 heteroatoms. The number of pyridine rings is 1. The van der Waals surface area contributed by atoms with Crippen molar-refractivity contribution in [2.24, 2.45) is 0 Å². The number of ether oxygens (including phenoxy) is 1. The van der Waals surface area contributed by atoms with Crippen LogP contribution in [0.15, 0.2) is 97.1 Å². The molecule has 6 nitrogen and oxygen atoms in total. The summed E-state index contributed by atoms with van der Waals surface area (Å²) in [6.45, 7) is 8.62. The van der Waals surface area contributed by atoms with E-state index in [-0.39, 0.29) is 0 Å². The van der Waals surface area contributed by atoms with Crippen molar-refractivity contribution >= 4 is 50.5 Å². The van der Waals surface area contributed by atoms with Crippen LogP contribution in [0.25, 0.3) is 21.8 Å². The Kier molecular flexibility index (Phi) is 9.58. The number of hydrogen-bond donors (Lipinski definition) is 1. The highest BCUT2D eigenvalue weighted by Crippen LogP contribution is 2.34. The minimum absolute atomic E-state index is 0.697. The molecular weight excluding hydrogens is 554 g/mol. The number of piperazine rings is 1. The van der Waals surface area contributed by atoms with E-state index >= 15 is 0 Å². The van der Waals surface area contributed by atoms with Crippen molar-refractivity contribution in [1.82, 2.24) is 14.8 Å². The van der Waals surface area contributed by atoms with Crippen LogP contribution in [0.4, 0.5) is 17.1 Å². The maximum absolute atomic E-state index is 6.29. The number of fused-ring (bicyclic) bond motifs is 2. The summed E-state index contributed by atoms with van der Waals surface area (Å²) < 4.78 is 5.51. The highest BCUT2D eigenvalue weighted by atomic mass is 35.5. The van der Waals surface area contributed by atoms with Gasteiger partial charge in [-0.3, -0.25) is 0 Å². The Balaban J connectivity index is 0.988. The normalized spacial score (nSPS) is 14.3. The molecule has 1 aliphatic heterocycles. The van der Waals surface area contributed by atoms with Crippen molar-refractivity contribution in [2.45, 2.75) is 12.8 Å². The first-order valence-electron chi connectivity index (χ1n) is 15.3. The number of benzene rings is 4. The summed E-state index contributed by atoms with van der Waals surface area (Å²) in [6, 6.07) is 33.4. The van der Waals surface area contributed by atoms with Crippen LogP contribution in [0.5, 0.6) is 5.75 Å². The topological polar surface area (TPSA) is 43.9 Å². The summed E-state index contributed by atoms with van der Waals surface area (Å²) >= 11 is 6.29. The maximum Gasteiger partial charge on any atom is 0.119 e. The number of aromatic nitrogens is 1. The van der Waals surface area contributed by atoms with Gasteiger partial charge in [0.1, 0.15) is 5.75 Å². The summed E-state index contributed by atoms with van der Waals surface area (Å²) in [7, 11) is 1.70. The van der Waals surface area contributed by atoms with Gasteiger partial charge in [-0.05, 0) is 86.6 Å². The van der Waals surface area contributed by atoms with Crippen LogP contribution < -0.4 is 15.0 Å². The van der Waals surface area contributed by atoms with E-state index in [2.05, 4.69) is 92.8 Å². The first-order valence-corrected chi connectivity index (χ1v) is 15.7. The maximum atomic E-state index is 6.29. The molecule has 0 bridgehead atoms. The summed E-state index contributed by atoms with van der Waals surface area (Å²) in [5, 5.41) is 6.58. The molecule has 0 amide bonds. The van der Waals surface area contributed by atoms with Gasteiger partial charge in [0.05, 0.1) is 23.8 Å². The van der Waals surface area contributed by atoms with Gasteiger partial charge in [0.25, 0.3) is 0 Å². The SMILES string of the molecule is COc1ccc2nc3cc(Cl)ccc3c(NCCCN3CCN(CCCN(c4ccccc4)c4ccccc4)CC3)c2c1. The Bertz CT molecular complexity index is 1580. The minimum atomic E-state index is 0.697. The second-order valence-corrected chi connectivity index (χ2v) is 11.6. The molecule has 5 aromatic rings. The van der Waals surface area contributed by atoms with Crippen LogP contribution in [0.1, 0.15) is 12.8 Å². The van der Waals surface area contributed by atoms with Crippen molar-refractivity contribution < 1.29 is 4.74 Å². The Morgan fingerprint density at radius 1 is 0.744 bits per heavy atom. The van der Waals surface area contributed by atoms with E-state index in [1.807, 2.05) is 24.3 Å². The molecule has 1 aromatic heterocycles. The molecule has 222 valence electrons. The molecular formula is C36H40ClN5O. The van der Waals surface area contributed by atoms with Gasteiger partial charge >= 0.3 is 0 Å². The lowest BCUT2D eigenvalue weighted by Gasteiger charge is -2.35. The van der Waals surface area contributed by atoms with Crippen molar-refractivity contribution in [1.29, 1.82) is 0 Å². The zero-order valence-corrected chi connectivity index (χ0v) is 25.6. The van der Waals surface area contributed by atoms with Crippen molar-refractivity contribution in [3.63, 3.8) is 0 Å². The molecule has 6 rings (SSSR count). The first-order chi connectivity index (χ1) is 21.2. The predicted octanol–water partition coefficient (Wildman–Crippen LogP) is 7.70. The molecule has 43 heavy (non-hydrogen) atoms. The van der Waals surface area contributed by atoms with E-state index in [9.17, 15) is 0 Å². The zero-order chi connectivity index (χ0) is 29.4. The number of para-hydroxylation sites is 2. The Morgan fingerprint density at radius 3 is 2.05 bits per heavy atom. The van der Waals surface area contributed by atoms with Gasteiger partial charge in [-0.25, -0.2) is 4.98 Å². The number of anilines is 3. The number of hydrogen-bond acceptors (Lipinski definition) is 6. The standard InChI is InChI=1S/C36H40ClN5O/c1-43-31-15-17-34-33(27-31)36(32-16-14-28(37)26-35(32)39-34)38-18-8-19-40-22-24-41(25-23-40)20-9-21-42(29-10-4-2-5-11-29)30-12-6-3-7-13-30/h2-7,10-17,26-27H,8-9,18-25H2,1H3,(H,38,39). The third-order valence-electron chi connectivity index (χ3n) is 8.35. The smallest absolute Gasteiger partial charge is 0.119 e. The van der Waals surface area contributed by atoms with Crippen molar-refractivity contribution in [3.8, 4) is 5.75 Å². The largest absolute Gasteiger partial charge is 0.497 e. The highest BCUT2D eigenvalue weighted by Gasteiger charge is 2.17. The molecule has 4 aromatic carbocycles. The van der Waals surface area contributed by atoms with E-state index in [0.717, 1.165) is 98.4 Å². The zero-order valence-electron chi connectivity index (χ0n) is 24.9. The van der Waals surface area contributed by atoms with E-state index < -0.39 is 0 Å². The minimum Gasteiger partial charge on any atom is -0.497 e. The third kappa shape index (κ3) is 7.21. The second-order valence-electron chi connectivity index (χ2n) is 11.2. The third-order valence-corrected chi connectivity index (χ3v) is 8.59. The average molecular weight is 594 g/mol. The van der Waals surface area contributed by atoms with Crippen LogP contribution >= 0.6 is 11.6 Å². The fourth-order valence-electron chi connectivity index (χ4n) is 6.04. The van der Waals surface area contributed by atoms with Crippen molar-refractivity contribution in [2.75, 3.05) is 69.7 Å². The number of nitrogens with zero attached hydrogens (tertiary/aromatic N) is 4. The monoisotopic (exact) mass is 593 g/mol. The van der Waals surface area contributed by atoms with Gasteiger partial charge in [0, 0.05) is 66.4 Å². The van der Waals surface area contributed by atoms with Gasteiger partial charge in [-0.15, -0.1) is 0 Å². The average Bonchev–Trinajstić information content (AvgIpc) is 3.05. The first kappa shape index (κ1) is 29.2. The molecule has 0 saturated carbocycles. The Labute approximate surface area is 259 Å². The van der Waals surface area contributed by atoms with Gasteiger partial charge in [0.2, 0.25) is 0 Å². The molecule has 0 atom stereocenters. The summed E-state index contributed by atoms with van der Waals surface area (Å²) in [4.78, 5) is 12.5. The van der Waals surface area contributed by atoms with E-state index in [1.165, 1.54) is 11.4 Å². The molecule has 1 saturated heterocycles. The number of rotatable bonds is 12. The van der Waals surface area contributed by atoms with E-state index in [4.69, 9.17) is 21.3 Å². The molecule has 1 fully saturated rings. The summed E-state index contributed by atoms with van der Waals surface area (Å²) in [5.74, 6) is 0.830. The van der Waals surface area contributed by atoms with Gasteiger partial charge in [0.15, 0.2) is 0 Å². The number of methoxy groups -OCH3 is 1. The Morgan fingerprint density at radius 2 is 1.40 bits per heavy atom. The van der Waals surface area contributed by atoms with Crippen LogP contribution in [0.3, 0.4) is 0 Å². The predicted molar refractivity (Wildman–Crippen MR) is 181 cm³/mol. The van der Waals surface area contributed by atoms with Gasteiger partial charge in [-0.2, -0.15) is 0 Å². The second kappa shape index (κ2) is 14.1.